The summed E-state index contributed by atoms with van der Waals surface area (Å²) in [4.78, 5) is 11.8. The summed E-state index contributed by atoms with van der Waals surface area (Å²) in [5, 5.41) is 0. The summed E-state index contributed by atoms with van der Waals surface area (Å²) in [7, 11) is 0. The van der Waals surface area contributed by atoms with Crippen molar-refractivity contribution in [1.29, 1.82) is 0 Å². The van der Waals surface area contributed by atoms with Crippen molar-refractivity contribution in [1.82, 2.24) is 0 Å². The first-order valence-corrected chi connectivity index (χ1v) is 6.11. The van der Waals surface area contributed by atoms with Gasteiger partial charge in [-0.1, -0.05) is 37.6 Å². The van der Waals surface area contributed by atoms with Crippen LogP contribution >= 0.6 is 0 Å². The largest absolute Gasteiger partial charge is 0.376 e. The van der Waals surface area contributed by atoms with E-state index >= 15 is 0 Å². The molecule has 1 aromatic rings. The van der Waals surface area contributed by atoms with Crippen molar-refractivity contribution >= 4 is 5.78 Å². The zero-order chi connectivity index (χ0) is 12.1. The Morgan fingerprint density at radius 2 is 2.06 bits per heavy atom. The summed E-state index contributed by atoms with van der Waals surface area (Å²) in [6.45, 7) is 3.53. The fourth-order valence-electron chi connectivity index (χ4n) is 1.73. The second kappa shape index (κ2) is 5.94. The molecule has 1 heterocycles. The van der Waals surface area contributed by atoms with Crippen LogP contribution in [0.2, 0.25) is 0 Å². The Hall–Kier alpha value is -1.19. The monoisotopic (exact) mass is 234 g/mol. The van der Waals surface area contributed by atoms with Crippen molar-refractivity contribution in [3.05, 3.63) is 35.4 Å². The van der Waals surface area contributed by atoms with Crippen molar-refractivity contribution in [3.8, 4) is 0 Å². The van der Waals surface area contributed by atoms with Gasteiger partial charge in [-0.3, -0.25) is 4.79 Å². The number of aryl methyl sites for hydroxylation is 1. The zero-order valence-electron chi connectivity index (χ0n) is 10.1. The number of ketones is 1. The number of carbonyl (C=O) groups is 1. The maximum atomic E-state index is 11.8. The molecule has 1 aliphatic heterocycles. The van der Waals surface area contributed by atoms with E-state index in [0.29, 0.717) is 13.2 Å². The van der Waals surface area contributed by atoms with E-state index < -0.39 is 0 Å². The maximum absolute atomic E-state index is 11.8. The number of hydrogen-bond acceptors (Lipinski definition) is 3. The maximum Gasteiger partial charge on any atom is 0.188 e. The van der Waals surface area contributed by atoms with Gasteiger partial charge in [0, 0.05) is 5.56 Å². The van der Waals surface area contributed by atoms with Crippen molar-refractivity contribution in [2.75, 3.05) is 19.8 Å². The molecule has 0 aliphatic carbocycles. The third kappa shape index (κ3) is 3.38. The number of ether oxygens (including phenoxy) is 2. The topological polar surface area (TPSA) is 35.5 Å². The second-order valence-electron chi connectivity index (χ2n) is 4.34. The quantitative estimate of drug-likeness (QED) is 0.708. The van der Waals surface area contributed by atoms with Gasteiger partial charge < -0.3 is 9.47 Å². The molecule has 1 aromatic carbocycles. The van der Waals surface area contributed by atoms with Gasteiger partial charge in [0.05, 0.1) is 13.2 Å². The first kappa shape index (κ1) is 12.3. The average molecular weight is 234 g/mol. The van der Waals surface area contributed by atoms with Gasteiger partial charge in [0.2, 0.25) is 0 Å². The summed E-state index contributed by atoms with van der Waals surface area (Å²) >= 11 is 0. The summed E-state index contributed by atoms with van der Waals surface area (Å²) in [6, 6.07) is 7.80. The highest BCUT2D eigenvalue weighted by Crippen LogP contribution is 2.10. The van der Waals surface area contributed by atoms with Gasteiger partial charge >= 0.3 is 0 Å². The Morgan fingerprint density at radius 1 is 1.35 bits per heavy atom. The lowest BCUT2D eigenvalue weighted by molar-refractivity contribution is -0.123. The predicted molar refractivity (Wildman–Crippen MR) is 65.3 cm³/mol. The number of hydrogen-bond donors (Lipinski definition) is 0. The Kier molecular flexibility index (Phi) is 4.29. The Morgan fingerprint density at radius 3 is 2.59 bits per heavy atom. The summed E-state index contributed by atoms with van der Waals surface area (Å²) in [6.07, 6.45) is 2.29. The average Bonchev–Trinajstić information content (AvgIpc) is 2.28. The molecule has 1 aliphatic rings. The minimum absolute atomic E-state index is 0.0416. The van der Waals surface area contributed by atoms with Crippen molar-refractivity contribution < 1.29 is 14.3 Å². The Labute approximate surface area is 102 Å². The fourth-order valence-corrected chi connectivity index (χ4v) is 1.73. The molecule has 0 unspecified atom stereocenters. The fraction of sp³-hybridized carbons (Fsp3) is 0.500. The first-order chi connectivity index (χ1) is 8.29. The lowest BCUT2D eigenvalue weighted by Gasteiger charge is -2.25. The molecule has 3 nitrogen and oxygen atoms in total. The molecule has 0 saturated carbocycles. The summed E-state index contributed by atoms with van der Waals surface area (Å²) in [5.74, 6) is 0.0416. The molecule has 0 radical (unpaired) electrons. The summed E-state index contributed by atoms with van der Waals surface area (Å²) in [5.41, 5.74) is 2.00. The minimum atomic E-state index is 0.0416. The van der Waals surface area contributed by atoms with Crippen LogP contribution in [0.4, 0.5) is 0 Å². The molecule has 0 spiro atoms. The van der Waals surface area contributed by atoms with Crippen molar-refractivity contribution in [3.63, 3.8) is 0 Å². The molecule has 92 valence electrons. The van der Waals surface area contributed by atoms with E-state index in [-0.39, 0.29) is 18.5 Å². The molecule has 0 bridgehead atoms. The minimum Gasteiger partial charge on any atom is -0.376 e. The molecular weight excluding hydrogens is 216 g/mol. The Bertz CT molecular complexity index is 366. The van der Waals surface area contributed by atoms with Crippen LogP contribution in [0.25, 0.3) is 0 Å². The van der Waals surface area contributed by atoms with Gasteiger partial charge in [-0.2, -0.15) is 0 Å². The first-order valence-electron chi connectivity index (χ1n) is 6.11. The van der Waals surface area contributed by atoms with E-state index in [4.69, 9.17) is 9.47 Å². The van der Waals surface area contributed by atoms with E-state index in [1.54, 1.807) is 0 Å². The standard InChI is InChI=1S/C14H18O3/c1-2-3-11-4-6-12(7-5-11)14(15)10-17-13-8-16-9-13/h4-7,13H,2-3,8-10H2,1H3. The molecule has 0 N–H and O–H groups in total. The van der Waals surface area contributed by atoms with E-state index in [0.717, 1.165) is 18.4 Å². The molecule has 2 rings (SSSR count). The highest BCUT2D eigenvalue weighted by molar-refractivity contribution is 5.97. The second-order valence-corrected chi connectivity index (χ2v) is 4.34. The highest BCUT2D eigenvalue weighted by atomic mass is 16.6. The number of rotatable bonds is 6. The van der Waals surface area contributed by atoms with Crippen LogP contribution in [-0.2, 0) is 15.9 Å². The van der Waals surface area contributed by atoms with Gasteiger partial charge in [-0.25, -0.2) is 0 Å². The third-order valence-electron chi connectivity index (χ3n) is 2.87. The molecule has 0 atom stereocenters. The van der Waals surface area contributed by atoms with Gasteiger partial charge in [-0.15, -0.1) is 0 Å². The van der Waals surface area contributed by atoms with Gasteiger partial charge in [-0.05, 0) is 12.0 Å². The molecular formula is C14H18O3. The Balaban J connectivity index is 1.84. The predicted octanol–water partition coefficient (Wildman–Crippen LogP) is 2.24. The van der Waals surface area contributed by atoms with Crippen LogP contribution in [-0.4, -0.2) is 31.7 Å². The van der Waals surface area contributed by atoms with Gasteiger partial charge in [0.25, 0.3) is 0 Å². The van der Waals surface area contributed by atoms with E-state index in [2.05, 4.69) is 6.92 Å². The van der Waals surface area contributed by atoms with Crippen LogP contribution in [0, 0.1) is 0 Å². The van der Waals surface area contributed by atoms with Gasteiger partial charge in [0.1, 0.15) is 12.7 Å². The lowest BCUT2D eigenvalue weighted by atomic mass is 10.1. The van der Waals surface area contributed by atoms with E-state index in [1.807, 2.05) is 24.3 Å². The van der Waals surface area contributed by atoms with Crippen LogP contribution in [0.1, 0.15) is 29.3 Å². The van der Waals surface area contributed by atoms with E-state index in [1.165, 1.54) is 5.56 Å². The van der Waals surface area contributed by atoms with Crippen molar-refractivity contribution in [2.24, 2.45) is 0 Å². The smallest absolute Gasteiger partial charge is 0.188 e. The number of benzene rings is 1. The number of carbonyl (C=O) groups excluding carboxylic acids is 1. The van der Waals surface area contributed by atoms with Crippen LogP contribution in [0.15, 0.2) is 24.3 Å². The van der Waals surface area contributed by atoms with Crippen LogP contribution < -0.4 is 0 Å². The van der Waals surface area contributed by atoms with Crippen LogP contribution in [0.3, 0.4) is 0 Å². The summed E-state index contributed by atoms with van der Waals surface area (Å²) < 4.78 is 10.4. The van der Waals surface area contributed by atoms with Crippen LogP contribution in [0.5, 0.6) is 0 Å². The third-order valence-corrected chi connectivity index (χ3v) is 2.87. The molecule has 0 amide bonds. The zero-order valence-corrected chi connectivity index (χ0v) is 10.1. The molecule has 17 heavy (non-hydrogen) atoms. The molecule has 1 fully saturated rings. The SMILES string of the molecule is CCCc1ccc(C(=O)COC2COC2)cc1. The normalized spacial score (nSPS) is 15.6. The number of Topliss-reactive ketones (excluding diaryl/α,β-unsaturated/α-hetero) is 1. The van der Waals surface area contributed by atoms with Gasteiger partial charge in [0.15, 0.2) is 5.78 Å². The lowest BCUT2D eigenvalue weighted by Crippen LogP contribution is -2.37. The molecule has 1 saturated heterocycles. The van der Waals surface area contributed by atoms with E-state index in [9.17, 15) is 4.79 Å². The highest BCUT2D eigenvalue weighted by Gasteiger charge is 2.20. The molecule has 3 heteroatoms. The van der Waals surface area contributed by atoms with Crippen molar-refractivity contribution in [2.45, 2.75) is 25.9 Å². The molecule has 0 aromatic heterocycles.